The molecule has 24 heavy (non-hydrogen) atoms. The highest BCUT2D eigenvalue weighted by atomic mass is 16.2. The van der Waals surface area contributed by atoms with E-state index in [0.29, 0.717) is 24.7 Å². The molecule has 2 aliphatic rings. The summed E-state index contributed by atoms with van der Waals surface area (Å²) in [6.07, 6.45) is 1.84. The van der Waals surface area contributed by atoms with Crippen LogP contribution in [0.4, 0.5) is 0 Å². The van der Waals surface area contributed by atoms with Crippen molar-refractivity contribution in [2.24, 2.45) is 11.3 Å². The molecule has 2 aliphatic heterocycles. The predicted octanol–water partition coefficient (Wildman–Crippen LogP) is 0.385. The number of carbonyl (C=O) groups excluding carboxylic acids is 2. The van der Waals surface area contributed by atoms with Crippen LogP contribution in [0.25, 0.3) is 0 Å². The molecule has 0 N–H and O–H groups in total. The molecule has 3 rings (SSSR count). The maximum atomic E-state index is 12.6. The third-order valence-electron chi connectivity index (χ3n) is 5.33. The van der Waals surface area contributed by atoms with Crippen molar-refractivity contribution in [2.45, 2.75) is 20.4 Å². The zero-order chi connectivity index (χ0) is 17.5. The van der Waals surface area contributed by atoms with Gasteiger partial charge in [-0.15, -0.1) is 0 Å². The van der Waals surface area contributed by atoms with Gasteiger partial charge in [-0.3, -0.25) is 14.3 Å². The summed E-state index contributed by atoms with van der Waals surface area (Å²) in [7, 11) is 4.12. The van der Waals surface area contributed by atoms with Crippen LogP contribution in [0, 0.1) is 11.3 Å². The average molecular weight is 333 g/mol. The lowest BCUT2D eigenvalue weighted by molar-refractivity contribution is -0.128. The summed E-state index contributed by atoms with van der Waals surface area (Å²) in [5, 5.41) is 4.31. The average Bonchev–Trinajstić information content (AvgIpc) is 3.09. The molecule has 2 amide bonds. The first-order valence-electron chi connectivity index (χ1n) is 8.57. The minimum absolute atomic E-state index is 0.00213. The fourth-order valence-electron chi connectivity index (χ4n) is 4.00. The molecule has 3 heterocycles. The second-order valence-electron chi connectivity index (χ2n) is 7.44. The summed E-state index contributed by atoms with van der Waals surface area (Å²) >= 11 is 0. The molecule has 1 unspecified atom stereocenters. The Morgan fingerprint density at radius 3 is 2.50 bits per heavy atom. The molecule has 0 bridgehead atoms. The Morgan fingerprint density at radius 1 is 1.29 bits per heavy atom. The van der Waals surface area contributed by atoms with E-state index in [1.807, 2.05) is 22.9 Å². The van der Waals surface area contributed by atoms with Crippen LogP contribution in [-0.2, 0) is 11.3 Å². The van der Waals surface area contributed by atoms with E-state index in [2.05, 4.69) is 24.1 Å². The minimum atomic E-state index is -0.00213. The van der Waals surface area contributed by atoms with Gasteiger partial charge in [-0.25, -0.2) is 0 Å². The van der Waals surface area contributed by atoms with Crippen molar-refractivity contribution in [3.63, 3.8) is 0 Å². The van der Waals surface area contributed by atoms with E-state index in [-0.39, 0.29) is 17.2 Å². The van der Waals surface area contributed by atoms with Crippen LogP contribution in [0.2, 0.25) is 0 Å². The van der Waals surface area contributed by atoms with Gasteiger partial charge in [0.15, 0.2) is 0 Å². The number of nitrogens with zero attached hydrogens (tertiary/aromatic N) is 5. The Balaban J connectivity index is 1.69. The molecule has 2 saturated heterocycles. The smallest absolute Gasteiger partial charge is 0.274 e. The molecular weight excluding hydrogens is 306 g/mol. The van der Waals surface area contributed by atoms with E-state index < -0.39 is 0 Å². The summed E-state index contributed by atoms with van der Waals surface area (Å²) in [5.74, 6) is 0.536. The van der Waals surface area contributed by atoms with Crippen molar-refractivity contribution in [3.05, 3.63) is 18.0 Å². The molecule has 2 fully saturated rings. The molecule has 1 aromatic heterocycles. The first-order chi connectivity index (χ1) is 11.3. The van der Waals surface area contributed by atoms with E-state index in [1.165, 1.54) is 0 Å². The highest BCUT2D eigenvalue weighted by Crippen LogP contribution is 2.44. The van der Waals surface area contributed by atoms with Gasteiger partial charge in [0.25, 0.3) is 5.91 Å². The number of aryl methyl sites for hydroxylation is 1. The molecule has 0 saturated carbocycles. The zero-order valence-electron chi connectivity index (χ0n) is 15.0. The van der Waals surface area contributed by atoms with E-state index in [9.17, 15) is 9.59 Å². The van der Waals surface area contributed by atoms with Crippen LogP contribution in [0.3, 0.4) is 0 Å². The number of carbonyl (C=O) groups is 2. The fourth-order valence-corrected chi connectivity index (χ4v) is 4.00. The van der Waals surface area contributed by atoms with Crippen molar-refractivity contribution in [2.75, 3.05) is 46.8 Å². The Kier molecular flexibility index (Phi) is 4.38. The quantitative estimate of drug-likeness (QED) is 0.799. The van der Waals surface area contributed by atoms with E-state index >= 15 is 0 Å². The summed E-state index contributed by atoms with van der Waals surface area (Å²) in [5.41, 5.74) is 0.552. The van der Waals surface area contributed by atoms with Crippen molar-refractivity contribution >= 4 is 11.8 Å². The highest BCUT2D eigenvalue weighted by molar-refractivity contribution is 5.93. The topological polar surface area (TPSA) is 61.7 Å². The molecule has 0 aromatic carbocycles. The van der Waals surface area contributed by atoms with Crippen LogP contribution < -0.4 is 0 Å². The van der Waals surface area contributed by atoms with Crippen LogP contribution >= 0.6 is 0 Å². The summed E-state index contributed by atoms with van der Waals surface area (Å²) in [6, 6.07) is 1.78. The number of hydrogen-bond acceptors (Lipinski definition) is 4. The Bertz CT molecular complexity index is 633. The molecule has 132 valence electrons. The highest BCUT2D eigenvalue weighted by Gasteiger charge is 2.56. The third-order valence-corrected chi connectivity index (χ3v) is 5.33. The van der Waals surface area contributed by atoms with Crippen molar-refractivity contribution in [1.82, 2.24) is 24.5 Å². The SMILES string of the molecule is CCn1ccc(C(=O)N2CC3(CN(C(C)=O)CC3CN(C)C)C2)n1. The Hall–Kier alpha value is -1.89. The van der Waals surface area contributed by atoms with Gasteiger partial charge in [0.1, 0.15) is 5.69 Å². The molecule has 1 aromatic rings. The van der Waals surface area contributed by atoms with Crippen molar-refractivity contribution in [1.29, 1.82) is 0 Å². The predicted molar refractivity (Wildman–Crippen MR) is 90.5 cm³/mol. The van der Waals surface area contributed by atoms with E-state index in [1.54, 1.807) is 17.7 Å². The number of hydrogen-bond donors (Lipinski definition) is 0. The standard InChI is InChI=1S/C17H27N5O2/c1-5-22-7-6-15(18-22)16(24)21-11-17(12-21)10-20(13(2)23)9-14(17)8-19(3)4/h6-7,14H,5,8-12H2,1-4H3. The van der Waals surface area contributed by atoms with E-state index in [0.717, 1.165) is 26.2 Å². The van der Waals surface area contributed by atoms with Gasteiger partial charge in [0, 0.05) is 57.8 Å². The Morgan fingerprint density at radius 2 is 1.96 bits per heavy atom. The molecule has 0 aliphatic carbocycles. The van der Waals surface area contributed by atoms with Crippen LogP contribution in [0.5, 0.6) is 0 Å². The number of rotatable bonds is 4. The first-order valence-corrected chi connectivity index (χ1v) is 8.57. The van der Waals surface area contributed by atoms with Gasteiger partial charge in [0.2, 0.25) is 5.91 Å². The molecule has 7 heteroatoms. The van der Waals surface area contributed by atoms with Crippen molar-refractivity contribution < 1.29 is 9.59 Å². The van der Waals surface area contributed by atoms with E-state index in [4.69, 9.17) is 0 Å². The number of amides is 2. The monoisotopic (exact) mass is 333 g/mol. The number of aromatic nitrogens is 2. The summed E-state index contributed by atoms with van der Waals surface area (Å²) in [6.45, 7) is 8.31. The fraction of sp³-hybridized carbons (Fsp3) is 0.706. The van der Waals surface area contributed by atoms with Crippen LogP contribution in [0.1, 0.15) is 24.3 Å². The lowest BCUT2D eigenvalue weighted by Gasteiger charge is -2.51. The molecule has 0 radical (unpaired) electrons. The summed E-state index contributed by atoms with van der Waals surface area (Å²) < 4.78 is 1.77. The lowest BCUT2D eigenvalue weighted by atomic mass is 9.71. The van der Waals surface area contributed by atoms with Gasteiger partial charge in [-0.2, -0.15) is 5.10 Å². The van der Waals surface area contributed by atoms with Gasteiger partial charge in [0.05, 0.1) is 0 Å². The maximum absolute atomic E-state index is 12.6. The minimum Gasteiger partial charge on any atom is -0.342 e. The molecular formula is C17H27N5O2. The molecule has 1 atom stereocenters. The van der Waals surface area contributed by atoms with Crippen molar-refractivity contribution in [3.8, 4) is 0 Å². The lowest BCUT2D eigenvalue weighted by Crippen LogP contribution is -2.63. The van der Waals surface area contributed by atoms with Gasteiger partial charge in [-0.1, -0.05) is 0 Å². The maximum Gasteiger partial charge on any atom is 0.274 e. The van der Waals surface area contributed by atoms with Gasteiger partial charge in [-0.05, 0) is 33.0 Å². The normalized spacial score (nSPS) is 22.3. The Labute approximate surface area is 143 Å². The van der Waals surface area contributed by atoms with Gasteiger partial charge < -0.3 is 14.7 Å². The number of likely N-dealkylation sites (tertiary alicyclic amines) is 2. The first kappa shape index (κ1) is 17.0. The molecule has 7 nitrogen and oxygen atoms in total. The van der Waals surface area contributed by atoms with Crippen LogP contribution in [-0.4, -0.2) is 83.1 Å². The molecule has 1 spiro atoms. The van der Waals surface area contributed by atoms with Crippen LogP contribution in [0.15, 0.2) is 12.3 Å². The van der Waals surface area contributed by atoms with Gasteiger partial charge >= 0.3 is 0 Å². The largest absolute Gasteiger partial charge is 0.342 e. The zero-order valence-corrected chi connectivity index (χ0v) is 15.0. The third kappa shape index (κ3) is 2.92. The second-order valence-corrected chi connectivity index (χ2v) is 7.44. The second kappa shape index (κ2) is 6.20. The summed E-state index contributed by atoms with van der Waals surface area (Å²) in [4.78, 5) is 30.4.